The summed E-state index contributed by atoms with van der Waals surface area (Å²) in [6.07, 6.45) is 5.41. The highest BCUT2D eigenvalue weighted by Gasteiger charge is 2.46. The zero-order chi connectivity index (χ0) is 20.0. The molecule has 2 aromatic carbocycles. The van der Waals surface area contributed by atoms with Crippen LogP contribution in [-0.4, -0.2) is 16.6 Å². The lowest BCUT2D eigenvalue weighted by Gasteiger charge is -2.48. The van der Waals surface area contributed by atoms with Crippen LogP contribution in [0.2, 0.25) is 0 Å². The molecule has 1 atom stereocenters. The van der Waals surface area contributed by atoms with E-state index >= 15 is 0 Å². The molecule has 0 bridgehead atoms. The Kier molecular flexibility index (Phi) is 4.15. The van der Waals surface area contributed by atoms with Crippen LogP contribution in [0, 0.1) is 12.7 Å². The van der Waals surface area contributed by atoms with Gasteiger partial charge in [0.05, 0.1) is 11.7 Å². The van der Waals surface area contributed by atoms with Gasteiger partial charge in [-0.05, 0) is 56.5 Å². The van der Waals surface area contributed by atoms with Crippen molar-refractivity contribution in [2.24, 2.45) is 0 Å². The summed E-state index contributed by atoms with van der Waals surface area (Å²) in [5.41, 5.74) is 2.07. The Hall–Kier alpha value is -3.15. The average Bonchev–Trinajstić information content (AvgIpc) is 2.68. The number of aryl methyl sites for hydroxylation is 1. The Morgan fingerprint density at radius 1 is 1.21 bits per heavy atom. The number of carbonyl (C=O) groups is 1. The highest BCUT2D eigenvalue weighted by atomic mass is 19.1. The summed E-state index contributed by atoms with van der Waals surface area (Å²) in [6, 6.07) is 11.5. The van der Waals surface area contributed by atoms with Gasteiger partial charge in [0.1, 0.15) is 17.2 Å². The van der Waals surface area contributed by atoms with Crippen molar-refractivity contribution < 1.29 is 13.9 Å². The maximum Gasteiger partial charge on any atom is 0.319 e. The molecule has 5 nitrogen and oxygen atoms in total. The number of hydrogen-bond acceptors (Lipinski definition) is 3. The Balaban J connectivity index is 1.41. The second-order valence-corrected chi connectivity index (χ2v) is 7.97. The van der Waals surface area contributed by atoms with Gasteiger partial charge in [0.2, 0.25) is 0 Å². The van der Waals surface area contributed by atoms with Crippen LogP contribution in [-0.2, 0) is 0 Å². The number of aromatic nitrogens is 1. The standard InChI is InChI=1S/C23H22FN3O2/c1-14-16-4-2-5-19(17(16)8-11-25-14)26-22(28)27-20-13-23(9-3-10-23)29-21-7-6-15(24)12-18(20)21/h2,4-8,11-12,20H,3,9-10,13H2,1H3,(H2,26,27,28). The fraction of sp³-hybridized carbons (Fsp3) is 0.304. The van der Waals surface area contributed by atoms with E-state index < -0.39 is 0 Å². The molecule has 6 heteroatoms. The predicted octanol–water partition coefficient (Wildman–Crippen LogP) is 5.25. The van der Waals surface area contributed by atoms with E-state index in [9.17, 15) is 9.18 Å². The number of hydrogen-bond donors (Lipinski definition) is 2. The zero-order valence-corrected chi connectivity index (χ0v) is 16.2. The summed E-state index contributed by atoms with van der Waals surface area (Å²) in [4.78, 5) is 17.2. The molecule has 2 N–H and O–H groups in total. The van der Waals surface area contributed by atoms with Gasteiger partial charge in [0.25, 0.3) is 0 Å². The first-order chi connectivity index (χ1) is 14.0. The molecule has 1 aromatic heterocycles. The molecule has 1 spiro atoms. The monoisotopic (exact) mass is 391 g/mol. The zero-order valence-electron chi connectivity index (χ0n) is 16.2. The summed E-state index contributed by atoms with van der Waals surface area (Å²) in [5.74, 6) is 0.329. The fourth-order valence-electron chi connectivity index (χ4n) is 4.43. The number of rotatable bonds is 2. The van der Waals surface area contributed by atoms with Crippen molar-refractivity contribution in [3.63, 3.8) is 0 Å². The third-order valence-electron chi connectivity index (χ3n) is 6.07. The SMILES string of the molecule is Cc1nccc2c(NC(=O)NC3CC4(CCC4)Oc4ccc(F)cc43)cccc12. The third kappa shape index (κ3) is 3.18. The van der Waals surface area contributed by atoms with Crippen molar-refractivity contribution in [3.8, 4) is 5.75 Å². The van der Waals surface area contributed by atoms with E-state index in [4.69, 9.17) is 4.74 Å². The van der Waals surface area contributed by atoms with Crippen LogP contribution in [0.5, 0.6) is 5.75 Å². The lowest BCUT2D eigenvalue weighted by atomic mass is 9.73. The molecule has 3 aromatic rings. The average molecular weight is 391 g/mol. The van der Waals surface area contributed by atoms with Gasteiger partial charge in [-0.2, -0.15) is 0 Å². The number of fused-ring (bicyclic) bond motifs is 2. The van der Waals surface area contributed by atoms with Gasteiger partial charge in [-0.15, -0.1) is 0 Å². The highest BCUT2D eigenvalue weighted by Crippen LogP contribution is 2.48. The third-order valence-corrected chi connectivity index (χ3v) is 6.07. The second kappa shape index (κ2) is 6.72. The molecule has 1 aliphatic heterocycles. The van der Waals surface area contributed by atoms with Gasteiger partial charge in [-0.25, -0.2) is 9.18 Å². The normalized spacial score (nSPS) is 19.2. The van der Waals surface area contributed by atoms with E-state index in [-0.39, 0.29) is 23.5 Å². The molecule has 1 unspecified atom stereocenters. The van der Waals surface area contributed by atoms with Gasteiger partial charge >= 0.3 is 6.03 Å². The Labute approximate surface area is 168 Å². The van der Waals surface area contributed by atoms with Crippen molar-refractivity contribution in [2.75, 3.05) is 5.32 Å². The van der Waals surface area contributed by atoms with Crippen molar-refractivity contribution in [1.82, 2.24) is 10.3 Å². The molecule has 2 heterocycles. The summed E-state index contributed by atoms with van der Waals surface area (Å²) >= 11 is 0. The Morgan fingerprint density at radius 2 is 2.07 bits per heavy atom. The van der Waals surface area contributed by atoms with Gasteiger partial charge < -0.3 is 15.4 Å². The van der Waals surface area contributed by atoms with Crippen molar-refractivity contribution in [1.29, 1.82) is 0 Å². The molecule has 0 saturated heterocycles. The van der Waals surface area contributed by atoms with Gasteiger partial charge in [0, 0.05) is 34.6 Å². The summed E-state index contributed by atoms with van der Waals surface area (Å²) in [5, 5.41) is 7.93. The van der Waals surface area contributed by atoms with E-state index in [1.165, 1.54) is 12.1 Å². The Morgan fingerprint density at radius 3 is 2.86 bits per heavy atom. The number of benzene rings is 2. The minimum Gasteiger partial charge on any atom is -0.487 e. The number of ether oxygens (including phenoxy) is 1. The van der Waals surface area contributed by atoms with Crippen molar-refractivity contribution in [3.05, 3.63) is 65.7 Å². The maximum atomic E-state index is 13.9. The molecule has 2 aliphatic rings. The van der Waals surface area contributed by atoms with Crippen molar-refractivity contribution >= 4 is 22.5 Å². The number of nitrogens with one attached hydrogen (secondary N) is 2. The van der Waals surface area contributed by atoms with Gasteiger partial charge in [-0.3, -0.25) is 4.98 Å². The maximum absolute atomic E-state index is 13.9. The molecule has 0 radical (unpaired) electrons. The Bertz CT molecular complexity index is 1110. The molecule has 5 rings (SSSR count). The van der Waals surface area contributed by atoms with Crippen LogP contribution in [0.3, 0.4) is 0 Å². The number of halogens is 1. The molecule has 29 heavy (non-hydrogen) atoms. The summed E-state index contributed by atoms with van der Waals surface area (Å²) in [7, 11) is 0. The van der Waals surface area contributed by atoms with Crippen LogP contribution in [0.1, 0.15) is 43.0 Å². The number of amides is 2. The number of nitrogens with zero attached hydrogens (tertiary/aromatic N) is 1. The topological polar surface area (TPSA) is 63.2 Å². The largest absolute Gasteiger partial charge is 0.487 e. The van der Waals surface area contributed by atoms with E-state index in [1.54, 1.807) is 12.3 Å². The molecule has 1 saturated carbocycles. The fourth-order valence-corrected chi connectivity index (χ4v) is 4.43. The first-order valence-corrected chi connectivity index (χ1v) is 9.93. The van der Waals surface area contributed by atoms with Crippen LogP contribution in [0.25, 0.3) is 10.8 Å². The minimum absolute atomic E-state index is 0.245. The molecular weight excluding hydrogens is 369 g/mol. The van der Waals surface area contributed by atoms with E-state index in [0.29, 0.717) is 17.7 Å². The molecule has 1 aliphatic carbocycles. The van der Waals surface area contributed by atoms with Crippen LogP contribution >= 0.6 is 0 Å². The van der Waals surface area contributed by atoms with Crippen LogP contribution < -0.4 is 15.4 Å². The van der Waals surface area contributed by atoms with Gasteiger partial charge in [0.15, 0.2) is 0 Å². The molecular formula is C23H22FN3O2. The van der Waals surface area contributed by atoms with E-state index in [2.05, 4.69) is 15.6 Å². The van der Waals surface area contributed by atoms with Gasteiger partial charge in [-0.1, -0.05) is 12.1 Å². The minimum atomic E-state index is -0.332. The highest BCUT2D eigenvalue weighted by molar-refractivity contribution is 6.02. The number of pyridine rings is 1. The number of urea groups is 1. The van der Waals surface area contributed by atoms with Crippen LogP contribution in [0.4, 0.5) is 14.9 Å². The van der Waals surface area contributed by atoms with Crippen LogP contribution in [0.15, 0.2) is 48.7 Å². The summed E-state index contributed by atoms with van der Waals surface area (Å²) < 4.78 is 20.0. The smallest absolute Gasteiger partial charge is 0.319 e. The quantitative estimate of drug-likeness (QED) is 0.627. The van der Waals surface area contributed by atoms with E-state index in [1.807, 2.05) is 31.2 Å². The molecule has 1 fully saturated rings. The first kappa shape index (κ1) is 17.9. The molecule has 2 amide bonds. The molecule has 148 valence electrons. The van der Waals surface area contributed by atoms with Crippen molar-refractivity contribution in [2.45, 2.75) is 44.2 Å². The second-order valence-electron chi connectivity index (χ2n) is 7.97. The lowest BCUT2D eigenvalue weighted by Crippen LogP contribution is -2.50. The number of anilines is 1. The first-order valence-electron chi connectivity index (χ1n) is 9.93. The lowest BCUT2D eigenvalue weighted by molar-refractivity contribution is -0.0355. The summed E-state index contributed by atoms with van der Waals surface area (Å²) in [6.45, 7) is 1.94. The van der Waals surface area contributed by atoms with E-state index in [0.717, 1.165) is 41.4 Å². The number of carbonyl (C=O) groups excluding carboxylic acids is 1. The predicted molar refractivity (Wildman–Crippen MR) is 110 cm³/mol.